The molecule has 0 heterocycles. The summed E-state index contributed by atoms with van der Waals surface area (Å²) in [5.74, 6) is 0.991. The maximum absolute atomic E-state index is 6.22. The Morgan fingerprint density at radius 1 is 1.37 bits per heavy atom. The van der Waals surface area contributed by atoms with Gasteiger partial charge >= 0.3 is 0 Å². The lowest BCUT2D eigenvalue weighted by Crippen LogP contribution is -2.32. The fourth-order valence-electron chi connectivity index (χ4n) is 2.83. The summed E-state index contributed by atoms with van der Waals surface area (Å²) in [5, 5.41) is 0. The predicted octanol–water partition coefficient (Wildman–Crippen LogP) is 3.76. The molecule has 0 spiro atoms. The minimum atomic E-state index is 0.144. The van der Waals surface area contributed by atoms with Gasteiger partial charge in [0.25, 0.3) is 0 Å². The molecule has 1 aromatic rings. The first-order valence-electron chi connectivity index (χ1n) is 7.32. The van der Waals surface area contributed by atoms with Crippen molar-refractivity contribution in [2.45, 2.75) is 63.8 Å². The van der Waals surface area contributed by atoms with Gasteiger partial charge in [0.05, 0.1) is 7.11 Å². The van der Waals surface area contributed by atoms with Crippen LogP contribution in [0.2, 0.25) is 0 Å². The lowest BCUT2D eigenvalue weighted by molar-refractivity contribution is 0.397. The number of hydrogen-bond donors (Lipinski definition) is 1. The third kappa shape index (κ3) is 2.38. The number of benzene rings is 1. The largest absolute Gasteiger partial charge is 0.496 e. The highest BCUT2D eigenvalue weighted by Crippen LogP contribution is 2.53. The molecule has 2 rings (SSSR count). The Balaban J connectivity index is 2.50. The molecule has 1 aliphatic rings. The van der Waals surface area contributed by atoms with Crippen LogP contribution in [0.3, 0.4) is 0 Å². The van der Waals surface area contributed by atoms with Crippen molar-refractivity contribution >= 4 is 0 Å². The van der Waals surface area contributed by atoms with Crippen LogP contribution in [0, 0.1) is 0 Å². The van der Waals surface area contributed by atoms with E-state index in [1.165, 1.54) is 24.0 Å². The molecule has 0 bridgehead atoms. The Bertz CT molecular complexity index is 458. The van der Waals surface area contributed by atoms with E-state index in [0.717, 1.165) is 12.2 Å². The van der Waals surface area contributed by atoms with Crippen LogP contribution in [0.1, 0.15) is 58.1 Å². The molecular weight excluding hydrogens is 234 g/mol. The smallest absolute Gasteiger partial charge is 0.122 e. The van der Waals surface area contributed by atoms with Gasteiger partial charge in [-0.25, -0.2) is 0 Å². The van der Waals surface area contributed by atoms with Gasteiger partial charge in [-0.1, -0.05) is 32.9 Å². The topological polar surface area (TPSA) is 35.2 Å². The summed E-state index contributed by atoms with van der Waals surface area (Å²) in [7, 11) is 1.75. The summed E-state index contributed by atoms with van der Waals surface area (Å²) in [6.45, 7) is 8.94. The summed E-state index contributed by atoms with van der Waals surface area (Å²) in [6.07, 6.45) is 3.48. The Morgan fingerprint density at radius 2 is 2.00 bits per heavy atom. The number of methoxy groups -OCH3 is 1. The summed E-state index contributed by atoms with van der Waals surface area (Å²) >= 11 is 0. The Hall–Kier alpha value is -1.02. The van der Waals surface area contributed by atoms with Crippen LogP contribution >= 0.6 is 0 Å². The van der Waals surface area contributed by atoms with Crippen LogP contribution in [-0.2, 0) is 10.8 Å². The summed E-state index contributed by atoms with van der Waals surface area (Å²) in [6, 6.07) is 6.83. The average Bonchev–Trinajstić information content (AvgIpc) is 3.19. The maximum Gasteiger partial charge on any atom is 0.122 e. The van der Waals surface area contributed by atoms with Crippen molar-refractivity contribution in [2.24, 2.45) is 5.73 Å². The summed E-state index contributed by atoms with van der Waals surface area (Å²) in [5.41, 5.74) is 9.27. The Labute approximate surface area is 117 Å². The van der Waals surface area contributed by atoms with E-state index in [9.17, 15) is 0 Å². The van der Waals surface area contributed by atoms with E-state index < -0.39 is 0 Å². The summed E-state index contributed by atoms with van der Waals surface area (Å²) in [4.78, 5) is 0. The van der Waals surface area contributed by atoms with E-state index in [1.807, 2.05) is 0 Å². The lowest BCUT2D eigenvalue weighted by atomic mass is 9.79. The highest BCUT2D eigenvalue weighted by Gasteiger charge is 2.49. The highest BCUT2D eigenvalue weighted by atomic mass is 16.5. The molecule has 1 saturated carbocycles. The van der Waals surface area contributed by atoms with Crippen LogP contribution in [0.15, 0.2) is 18.2 Å². The second-order valence-electron chi connectivity index (χ2n) is 6.60. The van der Waals surface area contributed by atoms with Gasteiger partial charge < -0.3 is 10.5 Å². The number of nitrogens with two attached hydrogens (primary N) is 1. The summed E-state index contributed by atoms with van der Waals surface area (Å²) < 4.78 is 5.57. The van der Waals surface area contributed by atoms with E-state index in [0.29, 0.717) is 0 Å². The van der Waals surface area contributed by atoms with Crippen LogP contribution in [-0.4, -0.2) is 13.2 Å². The quantitative estimate of drug-likeness (QED) is 0.876. The minimum Gasteiger partial charge on any atom is -0.496 e. The standard InChI is InChI=1S/C17H27NO/c1-6-16(3,4)13-7-8-15(19-5)14(11-13)17(9-10-17)12(2)18/h7-8,11-12H,6,9-10,18H2,1-5H3. The number of rotatable bonds is 5. The zero-order valence-electron chi connectivity index (χ0n) is 12.9. The maximum atomic E-state index is 6.22. The first kappa shape index (κ1) is 14.4. The molecule has 1 fully saturated rings. The van der Waals surface area contributed by atoms with Crippen molar-refractivity contribution in [1.29, 1.82) is 0 Å². The molecule has 1 aromatic carbocycles. The van der Waals surface area contributed by atoms with Gasteiger partial charge in [0.2, 0.25) is 0 Å². The molecule has 0 aromatic heterocycles. The second-order valence-corrected chi connectivity index (χ2v) is 6.60. The predicted molar refractivity (Wildman–Crippen MR) is 80.9 cm³/mol. The third-order valence-corrected chi connectivity index (χ3v) is 5.06. The van der Waals surface area contributed by atoms with Crippen molar-refractivity contribution < 1.29 is 4.74 Å². The van der Waals surface area contributed by atoms with Crippen LogP contribution < -0.4 is 10.5 Å². The van der Waals surface area contributed by atoms with E-state index in [4.69, 9.17) is 10.5 Å². The van der Waals surface area contributed by atoms with Crippen LogP contribution in [0.25, 0.3) is 0 Å². The third-order valence-electron chi connectivity index (χ3n) is 5.06. The zero-order valence-corrected chi connectivity index (χ0v) is 12.9. The van der Waals surface area contributed by atoms with Gasteiger partial charge in [-0.2, -0.15) is 0 Å². The van der Waals surface area contributed by atoms with Crippen molar-refractivity contribution in [3.63, 3.8) is 0 Å². The molecule has 19 heavy (non-hydrogen) atoms. The van der Waals surface area contributed by atoms with Crippen molar-refractivity contribution in [2.75, 3.05) is 7.11 Å². The molecule has 0 amide bonds. The van der Waals surface area contributed by atoms with Crippen LogP contribution in [0.5, 0.6) is 5.75 Å². The molecule has 0 saturated heterocycles. The Kier molecular flexibility index (Phi) is 3.65. The SMILES string of the molecule is CCC(C)(C)c1ccc(OC)c(C2(C(C)N)CC2)c1. The molecule has 1 unspecified atom stereocenters. The lowest BCUT2D eigenvalue weighted by Gasteiger charge is -2.28. The highest BCUT2D eigenvalue weighted by molar-refractivity contribution is 5.48. The molecule has 0 radical (unpaired) electrons. The van der Waals surface area contributed by atoms with E-state index in [-0.39, 0.29) is 16.9 Å². The monoisotopic (exact) mass is 261 g/mol. The normalized spacial score (nSPS) is 19.1. The van der Waals surface area contributed by atoms with Gasteiger partial charge in [0.15, 0.2) is 0 Å². The van der Waals surface area contributed by atoms with E-state index >= 15 is 0 Å². The van der Waals surface area contributed by atoms with Gasteiger partial charge in [0, 0.05) is 17.0 Å². The van der Waals surface area contributed by atoms with Gasteiger partial charge in [-0.15, -0.1) is 0 Å². The first-order chi connectivity index (χ1) is 8.87. The van der Waals surface area contributed by atoms with Crippen molar-refractivity contribution in [1.82, 2.24) is 0 Å². The molecular formula is C17H27NO. The molecule has 0 aliphatic heterocycles. The average molecular weight is 261 g/mol. The number of ether oxygens (including phenoxy) is 1. The molecule has 2 heteroatoms. The second kappa shape index (κ2) is 4.82. The van der Waals surface area contributed by atoms with Crippen molar-refractivity contribution in [3.8, 4) is 5.75 Å². The first-order valence-corrected chi connectivity index (χ1v) is 7.32. The van der Waals surface area contributed by atoms with Crippen molar-refractivity contribution in [3.05, 3.63) is 29.3 Å². The van der Waals surface area contributed by atoms with Gasteiger partial charge in [0.1, 0.15) is 5.75 Å². The van der Waals surface area contributed by atoms with Gasteiger partial charge in [-0.05, 0) is 43.2 Å². The minimum absolute atomic E-state index is 0.144. The number of hydrogen-bond acceptors (Lipinski definition) is 2. The fourth-order valence-corrected chi connectivity index (χ4v) is 2.83. The molecule has 1 atom stereocenters. The molecule has 2 N–H and O–H groups in total. The molecule has 106 valence electrons. The van der Waals surface area contributed by atoms with E-state index in [1.54, 1.807) is 7.11 Å². The van der Waals surface area contributed by atoms with E-state index in [2.05, 4.69) is 45.9 Å². The fraction of sp³-hybridized carbons (Fsp3) is 0.647. The van der Waals surface area contributed by atoms with Crippen LogP contribution in [0.4, 0.5) is 0 Å². The molecule has 2 nitrogen and oxygen atoms in total. The molecule has 1 aliphatic carbocycles. The van der Waals surface area contributed by atoms with Gasteiger partial charge in [-0.3, -0.25) is 0 Å². The Morgan fingerprint density at radius 3 is 2.42 bits per heavy atom. The zero-order chi connectivity index (χ0) is 14.3.